The van der Waals surface area contributed by atoms with Gasteiger partial charge in [-0.25, -0.2) is 0 Å². The van der Waals surface area contributed by atoms with E-state index in [2.05, 4.69) is 6.92 Å². The largest absolute Gasteiger partial charge is 0.508 e. The first kappa shape index (κ1) is 20.4. The molecular weight excluding hydrogens is 324 g/mol. The standard InChI is InChI=1S/C23H34O3/c1-3-4-5-6-7-8-9-10-11-12-13-20-17-22(25)23(26-20)19-15-14-18(2)21(24)16-19/h14-17,24-25H,3-13H2,1-2H3. The Balaban J connectivity index is 1.68. The number of furan rings is 1. The Labute approximate surface area is 158 Å². The molecule has 0 bridgehead atoms. The lowest BCUT2D eigenvalue weighted by molar-refractivity contribution is 0.456. The number of benzene rings is 1. The summed E-state index contributed by atoms with van der Waals surface area (Å²) in [4.78, 5) is 0. The number of phenols is 1. The van der Waals surface area contributed by atoms with Gasteiger partial charge in [-0.1, -0.05) is 76.8 Å². The summed E-state index contributed by atoms with van der Waals surface area (Å²) in [7, 11) is 0. The van der Waals surface area contributed by atoms with Gasteiger partial charge in [0.25, 0.3) is 0 Å². The lowest BCUT2D eigenvalue weighted by atomic mass is 10.1. The van der Waals surface area contributed by atoms with E-state index in [0.29, 0.717) is 11.3 Å². The fourth-order valence-electron chi connectivity index (χ4n) is 3.30. The van der Waals surface area contributed by atoms with Gasteiger partial charge in [0.1, 0.15) is 11.5 Å². The van der Waals surface area contributed by atoms with Crippen LogP contribution in [0.2, 0.25) is 0 Å². The summed E-state index contributed by atoms with van der Waals surface area (Å²) in [5.41, 5.74) is 1.52. The van der Waals surface area contributed by atoms with Crippen molar-refractivity contribution in [1.29, 1.82) is 0 Å². The lowest BCUT2D eigenvalue weighted by Crippen LogP contribution is -1.85. The van der Waals surface area contributed by atoms with Crippen molar-refractivity contribution >= 4 is 0 Å². The van der Waals surface area contributed by atoms with E-state index >= 15 is 0 Å². The van der Waals surface area contributed by atoms with Crippen LogP contribution in [0.4, 0.5) is 0 Å². The van der Waals surface area contributed by atoms with Crippen LogP contribution in [0.15, 0.2) is 28.7 Å². The topological polar surface area (TPSA) is 53.6 Å². The molecule has 0 aliphatic heterocycles. The Morgan fingerprint density at radius 3 is 2.00 bits per heavy atom. The average Bonchev–Trinajstić information content (AvgIpc) is 2.99. The van der Waals surface area contributed by atoms with Gasteiger partial charge in [-0.3, -0.25) is 0 Å². The number of unbranched alkanes of at least 4 members (excludes halogenated alkanes) is 9. The molecule has 0 saturated carbocycles. The molecule has 1 aromatic heterocycles. The molecule has 0 radical (unpaired) electrons. The molecule has 2 rings (SSSR count). The Kier molecular flexibility index (Phi) is 8.60. The van der Waals surface area contributed by atoms with Crippen molar-refractivity contribution in [2.45, 2.75) is 84.5 Å². The van der Waals surface area contributed by atoms with Gasteiger partial charge in [-0.05, 0) is 25.0 Å². The maximum atomic E-state index is 10.1. The SMILES string of the molecule is CCCCCCCCCCCCc1cc(O)c(-c2ccc(C)c(O)c2)o1. The molecule has 3 nitrogen and oxygen atoms in total. The first-order valence-corrected chi connectivity index (χ1v) is 10.2. The molecule has 1 aromatic carbocycles. The van der Waals surface area contributed by atoms with Crippen LogP contribution in [-0.4, -0.2) is 10.2 Å². The van der Waals surface area contributed by atoms with E-state index in [1.165, 1.54) is 57.8 Å². The van der Waals surface area contributed by atoms with Gasteiger partial charge < -0.3 is 14.6 Å². The number of aryl methyl sites for hydroxylation is 2. The van der Waals surface area contributed by atoms with Gasteiger partial charge >= 0.3 is 0 Å². The lowest BCUT2D eigenvalue weighted by Gasteiger charge is -2.03. The molecule has 0 unspecified atom stereocenters. The summed E-state index contributed by atoms with van der Waals surface area (Å²) < 4.78 is 5.82. The van der Waals surface area contributed by atoms with Crippen LogP contribution in [0.25, 0.3) is 11.3 Å². The first-order chi connectivity index (χ1) is 12.6. The monoisotopic (exact) mass is 358 g/mol. The fourth-order valence-corrected chi connectivity index (χ4v) is 3.30. The second kappa shape index (κ2) is 10.9. The Morgan fingerprint density at radius 1 is 0.769 bits per heavy atom. The minimum Gasteiger partial charge on any atom is -0.508 e. The summed E-state index contributed by atoms with van der Waals surface area (Å²) in [5.74, 6) is 1.63. The van der Waals surface area contributed by atoms with Crippen molar-refractivity contribution in [1.82, 2.24) is 0 Å². The van der Waals surface area contributed by atoms with Crippen LogP contribution in [0, 0.1) is 6.92 Å². The van der Waals surface area contributed by atoms with E-state index in [4.69, 9.17) is 4.42 Å². The zero-order valence-electron chi connectivity index (χ0n) is 16.4. The van der Waals surface area contributed by atoms with Crippen LogP contribution < -0.4 is 0 Å². The summed E-state index contributed by atoms with van der Waals surface area (Å²) in [6, 6.07) is 7.03. The summed E-state index contributed by atoms with van der Waals surface area (Å²) in [6.45, 7) is 4.10. The van der Waals surface area contributed by atoms with Gasteiger partial charge in [0.2, 0.25) is 0 Å². The maximum Gasteiger partial charge on any atom is 0.175 e. The van der Waals surface area contributed by atoms with Crippen molar-refractivity contribution in [3.63, 3.8) is 0 Å². The van der Waals surface area contributed by atoms with Gasteiger partial charge in [0, 0.05) is 18.1 Å². The third kappa shape index (κ3) is 6.44. The summed E-state index contributed by atoms with van der Waals surface area (Å²) in [5, 5.41) is 20.0. The van der Waals surface area contributed by atoms with E-state index < -0.39 is 0 Å². The zero-order chi connectivity index (χ0) is 18.8. The number of aromatic hydroxyl groups is 2. The van der Waals surface area contributed by atoms with Crippen LogP contribution in [0.5, 0.6) is 11.5 Å². The number of rotatable bonds is 12. The van der Waals surface area contributed by atoms with E-state index in [-0.39, 0.29) is 11.5 Å². The van der Waals surface area contributed by atoms with E-state index in [0.717, 1.165) is 24.2 Å². The molecule has 0 spiro atoms. The molecule has 0 amide bonds. The van der Waals surface area contributed by atoms with E-state index in [9.17, 15) is 10.2 Å². The number of phenolic OH excluding ortho intramolecular Hbond substituents is 1. The molecule has 26 heavy (non-hydrogen) atoms. The van der Waals surface area contributed by atoms with E-state index in [1.54, 1.807) is 12.1 Å². The zero-order valence-corrected chi connectivity index (χ0v) is 16.4. The molecule has 2 aromatic rings. The predicted octanol–water partition coefficient (Wildman–Crippen LogP) is 7.13. The van der Waals surface area contributed by atoms with Crippen molar-refractivity contribution < 1.29 is 14.6 Å². The quantitative estimate of drug-likeness (QED) is 0.397. The third-order valence-corrected chi connectivity index (χ3v) is 5.01. The third-order valence-electron chi connectivity index (χ3n) is 5.01. The molecule has 3 heteroatoms. The number of hydrogen-bond acceptors (Lipinski definition) is 3. The second-order valence-electron chi connectivity index (χ2n) is 7.36. The smallest absolute Gasteiger partial charge is 0.175 e. The van der Waals surface area contributed by atoms with Gasteiger partial charge in [0.15, 0.2) is 11.5 Å². The van der Waals surface area contributed by atoms with Crippen LogP contribution in [-0.2, 0) is 6.42 Å². The highest BCUT2D eigenvalue weighted by Crippen LogP contribution is 2.35. The number of hydrogen-bond donors (Lipinski definition) is 2. The molecule has 0 aliphatic rings. The highest BCUT2D eigenvalue weighted by atomic mass is 16.4. The van der Waals surface area contributed by atoms with Crippen molar-refractivity contribution in [2.75, 3.05) is 0 Å². The highest BCUT2D eigenvalue weighted by molar-refractivity contribution is 5.66. The Bertz CT molecular complexity index is 657. The molecule has 0 saturated heterocycles. The minimum absolute atomic E-state index is 0.148. The molecule has 0 aliphatic carbocycles. The van der Waals surface area contributed by atoms with Crippen LogP contribution >= 0.6 is 0 Å². The van der Waals surface area contributed by atoms with Crippen molar-refractivity contribution in [3.05, 3.63) is 35.6 Å². The molecule has 1 heterocycles. The van der Waals surface area contributed by atoms with Gasteiger partial charge in [0.05, 0.1) is 0 Å². The summed E-state index contributed by atoms with van der Waals surface area (Å²) in [6.07, 6.45) is 13.9. The average molecular weight is 359 g/mol. The first-order valence-electron chi connectivity index (χ1n) is 10.2. The molecule has 144 valence electrons. The molecule has 0 fully saturated rings. The highest BCUT2D eigenvalue weighted by Gasteiger charge is 2.13. The van der Waals surface area contributed by atoms with Crippen molar-refractivity contribution in [2.24, 2.45) is 0 Å². The minimum atomic E-state index is 0.148. The maximum absolute atomic E-state index is 10.1. The Hall–Kier alpha value is -1.90. The predicted molar refractivity (Wildman–Crippen MR) is 108 cm³/mol. The fraction of sp³-hybridized carbons (Fsp3) is 0.565. The molecule has 0 atom stereocenters. The Morgan fingerprint density at radius 2 is 1.38 bits per heavy atom. The van der Waals surface area contributed by atoms with Crippen LogP contribution in [0.3, 0.4) is 0 Å². The normalized spacial score (nSPS) is 11.2. The van der Waals surface area contributed by atoms with E-state index in [1.807, 2.05) is 19.1 Å². The molecular formula is C23H34O3. The summed E-state index contributed by atoms with van der Waals surface area (Å²) >= 11 is 0. The second-order valence-corrected chi connectivity index (χ2v) is 7.36. The van der Waals surface area contributed by atoms with Gasteiger partial charge in [-0.15, -0.1) is 0 Å². The molecule has 2 N–H and O–H groups in total. The van der Waals surface area contributed by atoms with Crippen LogP contribution in [0.1, 0.15) is 82.5 Å². The van der Waals surface area contributed by atoms with Crippen molar-refractivity contribution in [3.8, 4) is 22.8 Å². The van der Waals surface area contributed by atoms with Gasteiger partial charge in [-0.2, -0.15) is 0 Å².